The SMILES string of the molecule is N#CC(Cl)(C(=O)C(COc1cnc2cc(Cl)ccc2n1)Oc1ccccc1F)C(=O)N1CCCCC1. The van der Waals surface area contributed by atoms with Crippen molar-refractivity contribution in [3.8, 4) is 17.7 Å². The van der Waals surface area contributed by atoms with Gasteiger partial charge in [-0.05, 0) is 49.6 Å². The number of carbonyl (C=O) groups excluding carboxylic acids is 2. The van der Waals surface area contributed by atoms with E-state index in [-0.39, 0.29) is 11.6 Å². The fourth-order valence-electron chi connectivity index (χ4n) is 3.80. The monoisotopic (exact) mass is 530 g/mol. The Morgan fingerprint density at radius 2 is 1.92 bits per heavy atom. The summed E-state index contributed by atoms with van der Waals surface area (Å²) in [5.41, 5.74) is 1.01. The first-order chi connectivity index (χ1) is 17.3. The fraction of sp³-hybridized carbons (Fsp3) is 0.320. The van der Waals surface area contributed by atoms with Gasteiger partial charge in [-0.1, -0.05) is 35.3 Å². The van der Waals surface area contributed by atoms with Gasteiger partial charge in [0.2, 0.25) is 11.7 Å². The van der Waals surface area contributed by atoms with Crippen molar-refractivity contribution in [2.45, 2.75) is 30.2 Å². The van der Waals surface area contributed by atoms with Crippen molar-refractivity contribution in [2.75, 3.05) is 19.7 Å². The van der Waals surface area contributed by atoms with E-state index in [0.717, 1.165) is 25.3 Å². The molecule has 1 saturated heterocycles. The lowest BCUT2D eigenvalue weighted by molar-refractivity contribution is -0.141. The first kappa shape index (κ1) is 25.6. The number of carbonyl (C=O) groups is 2. The minimum absolute atomic E-state index is 0.0410. The van der Waals surface area contributed by atoms with Crippen LogP contribution in [0.2, 0.25) is 5.02 Å². The maximum Gasteiger partial charge on any atom is 0.270 e. The molecule has 0 radical (unpaired) electrons. The first-order valence-corrected chi connectivity index (χ1v) is 12.0. The molecule has 4 rings (SSSR count). The Bertz CT molecular complexity index is 1330. The van der Waals surface area contributed by atoms with Crippen LogP contribution in [0.3, 0.4) is 0 Å². The first-order valence-electron chi connectivity index (χ1n) is 11.2. The van der Waals surface area contributed by atoms with Crippen LogP contribution in [-0.2, 0) is 9.59 Å². The van der Waals surface area contributed by atoms with Crippen molar-refractivity contribution in [3.63, 3.8) is 0 Å². The summed E-state index contributed by atoms with van der Waals surface area (Å²) >= 11 is 12.3. The minimum atomic E-state index is -2.57. The molecule has 2 heterocycles. The van der Waals surface area contributed by atoms with Crippen LogP contribution in [0.4, 0.5) is 4.39 Å². The highest BCUT2D eigenvalue weighted by Crippen LogP contribution is 2.27. The summed E-state index contributed by atoms with van der Waals surface area (Å²) in [4.78, 5) is 33.9. The molecule has 1 fully saturated rings. The van der Waals surface area contributed by atoms with E-state index in [1.807, 2.05) is 0 Å². The molecule has 11 heteroatoms. The normalized spacial score (nSPS) is 16.0. The third-order valence-corrected chi connectivity index (χ3v) is 6.36. The van der Waals surface area contributed by atoms with Crippen LogP contribution >= 0.6 is 23.2 Å². The number of hydrogen-bond donors (Lipinski definition) is 0. The quantitative estimate of drug-likeness (QED) is 0.315. The maximum absolute atomic E-state index is 14.3. The number of ether oxygens (including phenoxy) is 2. The molecule has 2 atom stereocenters. The summed E-state index contributed by atoms with van der Waals surface area (Å²) in [5.74, 6) is -2.86. The molecule has 1 aliphatic rings. The summed E-state index contributed by atoms with van der Waals surface area (Å²) in [6.07, 6.45) is 2.13. The number of fused-ring (bicyclic) bond motifs is 1. The molecule has 1 amide bonds. The molecule has 1 aromatic heterocycles. The van der Waals surface area contributed by atoms with Crippen molar-refractivity contribution in [1.29, 1.82) is 5.26 Å². The lowest BCUT2D eigenvalue weighted by Gasteiger charge is -2.32. The van der Waals surface area contributed by atoms with Gasteiger partial charge < -0.3 is 14.4 Å². The van der Waals surface area contributed by atoms with Gasteiger partial charge in [0, 0.05) is 18.1 Å². The minimum Gasteiger partial charge on any atom is -0.476 e. The van der Waals surface area contributed by atoms with E-state index < -0.39 is 35.1 Å². The lowest BCUT2D eigenvalue weighted by Crippen LogP contribution is -2.56. The van der Waals surface area contributed by atoms with Crippen molar-refractivity contribution in [2.24, 2.45) is 0 Å². The highest BCUT2D eigenvalue weighted by Gasteiger charge is 2.51. The largest absolute Gasteiger partial charge is 0.476 e. The number of benzene rings is 2. The van der Waals surface area contributed by atoms with Gasteiger partial charge in [-0.25, -0.2) is 14.4 Å². The van der Waals surface area contributed by atoms with E-state index in [9.17, 15) is 19.2 Å². The molecule has 8 nitrogen and oxygen atoms in total. The zero-order valence-corrected chi connectivity index (χ0v) is 20.5. The second-order valence-corrected chi connectivity index (χ2v) is 9.18. The molecule has 2 aromatic carbocycles. The second-order valence-electron chi connectivity index (χ2n) is 8.18. The topological polar surface area (TPSA) is 105 Å². The van der Waals surface area contributed by atoms with Crippen molar-refractivity contribution < 1.29 is 23.5 Å². The average molecular weight is 531 g/mol. The number of amides is 1. The van der Waals surface area contributed by atoms with Gasteiger partial charge in [-0.3, -0.25) is 9.59 Å². The molecule has 186 valence electrons. The number of piperidine rings is 1. The lowest BCUT2D eigenvalue weighted by atomic mass is 9.97. The predicted molar refractivity (Wildman–Crippen MR) is 130 cm³/mol. The molecule has 0 N–H and O–H groups in total. The fourth-order valence-corrected chi connectivity index (χ4v) is 4.21. The number of ketones is 1. The molecule has 0 aliphatic carbocycles. The molecule has 36 heavy (non-hydrogen) atoms. The molecular weight excluding hydrogens is 510 g/mol. The van der Waals surface area contributed by atoms with Crippen LogP contribution in [0.15, 0.2) is 48.7 Å². The Hall–Kier alpha value is -3.48. The Morgan fingerprint density at radius 3 is 2.64 bits per heavy atom. The summed E-state index contributed by atoms with van der Waals surface area (Å²) in [6.45, 7) is 0.257. The standard InChI is InChI=1S/C25H21Cl2FN4O4/c26-16-8-9-18-19(12-16)30-13-22(31-18)35-14-21(36-20-7-3-2-6-17(20)28)23(33)25(27,15-29)24(34)32-10-4-1-5-11-32/h2-3,6-9,12-13,21H,1,4-5,10-11,14H2. The Balaban J connectivity index is 1.60. The number of aromatic nitrogens is 2. The predicted octanol–water partition coefficient (Wildman–Crippen LogP) is 4.33. The van der Waals surface area contributed by atoms with E-state index >= 15 is 0 Å². The van der Waals surface area contributed by atoms with Crippen molar-refractivity contribution in [1.82, 2.24) is 14.9 Å². The number of para-hydroxylation sites is 1. The number of hydrogen-bond acceptors (Lipinski definition) is 7. The van der Waals surface area contributed by atoms with Gasteiger partial charge in [-0.15, -0.1) is 0 Å². The van der Waals surface area contributed by atoms with Gasteiger partial charge >= 0.3 is 0 Å². The Labute approximate surface area is 216 Å². The molecular formula is C25H21Cl2FN4O4. The van der Waals surface area contributed by atoms with Crippen LogP contribution in [0.5, 0.6) is 11.6 Å². The van der Waals surface area contributed by atoms with E-state index in [1.54, 1.807) is 24.3 Å². The molecule has 3 aromatic rings. The number of nitriles is 1. The Kier molecular flexibility index (Phi) is 7.87. The summed E-state index contributed by atoms with van der Waals surface area (Å²) in [6, 6.07) is 12.0. The van der Waals surface area contributed by atoms with Crippen LogP contribution in [0, 0.1) is 17.1 Å². The summed E-state index contributed by atoms with van der Waals surface area (Å²) in [7, 11) is 0. The third-order valence-electron chi connectivity index (χ3n) is 5.69. The smallest absolute Gasteiger partial charge is 0.270 e. The maximum atomic E-state index is 14.3. The molecule has 0 bridgehead atoms. The van der Waals surface area contributed by atoms with Crippen LogP contribution in [0.25, 0.3) is 11.0 Å². The summed E-state index contributed by atoms with van der Waals surface area (Å²) < 4.78 is 25.6. The Morgan fingerprint density at radius 1 is 1.17 bits per heavy atom. The van der Waals surface area contributed by atoms with Gasteiger partial charge in [0.15, 0.2) is 17.7 Å². The number of rotatable bonds is 8. The van der Waals surface area contributed by atoms with Crippen molar-refractivity contribution in [3.05, 3.63) is 59.5 Å². The number of alkyl halides is 1. The van der Waals surface area contributed by atoms with E-state index in [4.69, 9.17) is 32.7 Å². The van der Waals surface area contributed by atoms with Gasteiger partial charge in [0.25, 0.3) is 10.8 Å². The van der Waals surface area contributed by atoms with Crippen LogP contribution in [-0.4, -0.2) is 57.2 Å². The number of halogens is 3. The van der Waals surface area contributed by atoms with Gasteiger partial charge in [0.1, 0.15) is 12.7 Å². The van der Waals surface area contributed by atoms with Crippen LogP contribution < -0.4 is 9.47 Å². The van der Waals surface area contributed by atoms with E-state index in [0.29, 0.717) is 29.1 Å². The van der Waals surface area contributed by atoms with Gasteiger partial charge in [-0.2, -0.15) is 5.26 Å². The van der Waals surface area contributed by atoms with E-state index in [2.05, 4.69) is 9.97 Å². The van der Waals surface area contributed by atoms with Crippen molar-refractivity contribution >= 4 is 45.9 Å². The highest BCUT2D eigenvalue weighted by atomic mass is 35.5. The average Bonchev–Trinajstić information content (AvgIpc) is 2.91. The zero-order chi connectivity index (χ0) is 25.7. The highest BCUT2D eigenvalue weighted by molar-refractivity contribution is 6.49. The molecule has 2 unspecified atom stereocenters. The number of likely N-dealkylation sites (tertiary alicyclic amines) is 1. The molecule has 0 saturated carbocycles. The summed E-state index contributed by atoms with van der Waals surface area (Å²) in [5, 5.41) is 10.3. The molecule has 1 aliphatic heterocycles. The number of Topliss-reactive ketones (excluding diaryl/α,β-unsaturated/α-hetero) is 1. The second kappa shape index (κ2) is 11.1. The number of nitrogens with zero attached hydrogens (tertiary/aromatic N) is 4. The van der Waals surface area contributed by atoms with Crippen LogP contribution in [0.1, 0.15) is 19.3 Å². The molecule has 0 spiro atoms. The zero-order valence-electron chi connectivity index (χ0n) is 19.0. The third kappa shape index (κ3) is 5.50. The van der Waals surface area contributed by atoms with Gasteiger partial charge in [0.05, 0.1) is 17.2 Å². The van der Waals surface area contributed by atoms with E-state index in [1.165, 1.54) is 29.3 Å².